The number of aryl methyl sites for hydroxylation is 1. The van der Waals surface area contributed by atoms with Gasteiger partial charge in [-0.1, -0.05) is 45.4 Å². The Bertz CT molecular complexity index is 489. The maximum atomic E-state index is 6.06. The van der Waals surface area contributed by atoms with E-state index in [1.54, 1.807) is 0 Å². The van der Waals surface area contributed by atoms with Crippen molar-refractivity contribution in [2.24, 2.45) is 0 Å². The molecule has 1 aliphatic heterocycles. The number of ether oxygens (including phenoxy) is 2. The van der Waals surface area contributed by atoms with Gasteiger partial charge >= 0.3 is 0 Å². The number of thioether (sulfide) groups is 2. The minimum Gasteiger partial charge on any atom is -0.493 e. The lowest BCUT2D eigenvalue weighted by Crippen LogP contribution is -2.21. The van der Waals surface area contributed by atoms with Crippen LogP contribution >= 0.6 is 23.5 Å². The first kappa shape index (κ1) is 21.0. The lowest BCUT2D eigenvalue weighted by Gasteiger charge is -2.24. The fourth-order valence-electron chi connectivity index (χ4n) is 3.14. The second-order valence-electron chi connectivity index (χ2n) is 6.66. The molecule has 0 saturated carbocycles. The lowest BCUT2D eigenvalue weighted by molar-refractivity contribution is 0.0412. The summed E-state index contributed by atoms with van der Waals surface area (Å²) >= 11 is 4.14. The van der Waals surface area contributed by atoms with Crippen LogP contribution in [0.4, 0.5) is 0 Å². The van der Waals surface area contributed by atoms with Crippen LogP contribution in [0.1, 0.15) is 58.4 Å². The molecule has 1 atom stereocenters. The van der Waals surface area contributed by atoms with Crippen molar-refractivity contribution in [3.63, 3.8) is 0 Å². The molecule has 1 heterocycles. The van der Waals surface area contributed by atoms with Crippen LogP contribution in [-0.2, 0) is 11.2 Å². The molecule has 2 rings (SSSR count). The normalized spacial score (nSPS) is 19.2. The number of hydrogen-bond acceptors (Lipinski definition) is 4. The number of rotatable bonds is 12. The van der Waals surface area contributed by atoms with Crippen molar-refractivity contribution in [2.75, 3.05) is 24.7 Å². The molecular weight excluding hydrogens is 348 g/mol. The van der Waals surface area contributed by atoms with Gasteiger partial charge in [0.15, 0.2) is 0 Å². The molecule has 0 bridgehead atoms. The molecular formula is C21H34O2S2. The van der Waals surface area contributed by atoms with Gasteiger partial charge in [0.2, 0.25) is 0 Å². The summed E-state index contributed by atoms with van der Waals surface area (Å²) in [5.74, 6) is 3.52. The average Bonchev–Trinajstić information content (AvgIpc) is 3.06. The van der Waals surface area contributed by atoms with Crippen LogP contribution in [-0.4, -0.2) is 34.9 Å². The Labute approximate surface area is 162 Å². The zero-order valence-corrected chi connectivity index (χ0v) is 17.7. The van der Waals surface area contributed by atoms with Crippen LogP contribution in [0.15, 0.2) is 24.3 Å². The summed E-state index contributed by atoms with van der Waals surface area (Å²) in [6, 6.07) is 8.46. The molecule has 25 heavy (non-hydrogen) atoms. The van der Waals surface area contributed by atoms with Crippen LogP contribution in [0.25, 0.3) is 0 Å². The third kappa shape index (κ3) is 6.73. The van der Waals surface area contributed by atoms with E-state index in [9.17, 15) is 0 Å². The Hall–Kier alpha value is -0.320. The first-order valence-electron chi connectivity index (χ1n) is 9.83. The van der Waals surface area contributed by atoms with E-state index in [-0.39, 0.29) is 4.93 Å². The minimum atomic E-state index is 0.102. The molecule has 0 radical (unpaired) electrons. The van der Waals surface area contributed by atoms with Gasteiger partial charge in [0, 0.05) is 11.0 Å². The van der Waals surface area contributed by atoms with Crippen molar-refractivity contribution >= 4 is 23.5 Å². The number of unbranched alkanes of at least 4 members (excludes halogenated alkanes) is 1. The first-order valence-corrected chi connectivity index (χ1v) is 11.9. The maximum Gasteiger partial charge on any atom is 0.122 e. The van der Waals surface area contributed by atoms with Crippen LogP contribution in [0, 0.1) is 0 Å². The van der Waals surface area contributed by atoms with E-state index in [1.807, 2.05) is 0 Å². The lowest BCUT2D eigenvalue weighted by atomic mass is 10.1. The molecule has 0 aliphatic carbocycles. The fraction of sp³-hybridized carbons (Fsp3) is 0.714. The molecule has 1 aromatic carbocycles. The number of para-hydroxylation sites is 1. The van der Waals surface area contributed by atoms with E-state index in [2.05, 4.69) is 68.6 Å². The largest absolute Gasteiger partial charge is 0.493 e. The van der Waals surface area contributed by atoms with E-state index in [1.165, 1.54) is 23.5 Å². The average molecular weight is 383 g/mol. The predicted molar refractivity (Wildman–Crippen MR) is 113 cm³/mol. The third-order valence-electron chi connectivity index (χ3n) is 4.73. The van der Waals surface area contributed by atoms with Gasteiger partial charge in [0.1, 0.15) is 10.7 Å². The molecule has 1 unspecified atom stereocenters. The molecule has 142 valence electrons. The van der Waals surface area contributed by atoms with Gasteiger partial charge in [-0.25, -0.2) is 0 Å². The Kier molecular flexibility index (Phi) is 9.57. The summed E-state index contributed by atoms with van der Waals surface area (Å²) in [6.45, 7) is 8.45. The molecule has 2 nitrogen and oxygen atoms in total. The smallest absolute Gasteiger partial charge is 0.122 e. The predicted octanol–water partition coefficient (Wildman–Crippen LogP) is 6.18. The zero-order valence-electron chi connectivity index (χ0n) is 16.1. The zero-order chi connectivity index (χ0) is 18.0. The maximum absolute atomic E-state index is 6.06. The molecule has 0 spiro atoms. The highest BCUT2D eigenvalue weighted by molar-refractivity contribution is 8.04. The molecule has 1 aromatic rings. The Morgan fingerprint density at radius 2 is 2.00 bits per heavy atom. The van der Waals surface area contributed by atoms with Gasteiger partial charge in [-0.05, 0) is 49.5 Å². The summed E-state index contributed by atoms with van der Waals surface area (Å²) < 4.78 is 12.0. The molecule has 0 aromatic heterocycles. The van der Waals surface area contributed by atoms with Gasteiger partial charge < -0.3 is 9.47 Å². The van der Waals surface area contributed by atoms with E-state index in [4.69, 9.17) is 9.47 Å². The summed E-state index contributed by atoms with van der Waals surface area (Å²) in [7, 11) is 0. The molecule has 4 heteroatoms. The Morgan fingerprint density at radius 1 is 1.20 bits per heavy atom. The minimum absolute atomic E-state index is 0.102. The molecule has 1 aliphatic rings. The standard InChI is InChI=1S/C21H34O2S2/c1-4-11-18-12-7-8-13-20(18)22-14-9-10-15-24-17-19-16-23-21(5-2,6-3)25-19/h7-8,12-13,19H,4-6,9-11,14-17H2,1-3H3. The van der Waals surface area contributed by atoms with Gasteiger partial charge in [0.25, 0.3) is 0 Å². The number of benzene rings is 1. The van der Waals surface area contributed by atoms with Crippen LogP contribution in [0.2, 0.25) is 0 Å². The summed E-state index contributed by atoms with van der Waals surface area (Å²) in [5.41, 5.74) is 1.34. The van der Waals surface area contributed by atoms with E-state index in [0.29, 0.717) is 5.25 Å². The van der Waals surface area contributed by atoms with Gasteiger partial charge in [-0.2, -0.15) is 11.8 Å². The Morgan fingerprint density at radius 3 is 2.72 bits per heavy atom. The van der Waals surface area contributed by atoms with Gasteiger partial charge in [-0.15, -0.1) is 11.8 Å². The Balaban J connectivity index is 1.54. The summed E-state index contributed by atoms with van der Waals surface area (Å²) in [6.07, 6.45) is 6.86. The summed E-state index contributed by atoms with van der Waals surface area (Å²) in [5, 5.41) is 0.669. The van der Waals surface area contributed by atoms with E-state index >= 15 is 0 Å². The van der Waals surface area contributed by atoms with Gasteiger partial charge in [-0.3, -0.25) is 0 Å². The molecule has 0 N–H and O–H groups in total. The molecule has 1 fully saturated rings. The second kappa shape index (κ2) is 11.4. The topological polar surface area (TPSA) is 18.5 Å². The molecule has 0 amide bonds. The highest BCUT2D eigenvalue weighted by atomic mass is 32.2. The second-order valence-corrected chi connectivity index (χ2v) is 9.45. The molecule has 1 saturated heterocycles. The summed E-state index contributed by atoms with van der Waals surface area (Å²) in [4.78, 5) is 0.102. The van der Waals surface area contributed by atoms with Crippen LogP contribution in [0.3, 0.4) is 0 Å². The third-order valence-corrected chi connectivity index (χ3v) is 7.91. The van der Waals surface area contributed by atoms with Gasteiger partial charge in [0.05, 0.1) is 13.2 Å². The number of hydrogen-bond donors (Lipinski definition) is 0. The van der Waals surface area contributed by atoms with Crippen LogP contribution < -0.4 is 4.74 Å². The van der Waals surface area contributed by atoms with Crippen molar-refractivity contribution in [3.8, 4) is 5.75 Å². The first-order chi connectivity index (χ1) is 12.2. The van der Waals surface area contributed by atoms with Crippen molar-refractivity contribution in [1.82, 2.24) is 0 Å². The van der Waals surface area contributed by atoms with Crippen molar-refractivity contribution in [1.29, 1.82) is 0 Å². The van der Waals surface area contributed by atoms with E-state index in [0.717, 1.165) is 51.1 Å². The fourth-order valence-corrected chi connectivity index (χ4v) is 5.85. The highest BCUT2D eigenvalue weighted by Gasteiger charge is 2.37. The van der Waals surface area contributed by atoms with Crippen molar-refractivity contribution in [3.05, 3.63) is 29.8 Å². The SMILES string of the molecule is CCCc1ccccc1OCCCCSCC1COC(CC)(CC)S1. The van der Waals surface area contributed by atoms with Crippen LogP contribution in [0.5, 0.6) is 5.75 Å². The highest BCUT2D eigenvalue weighted by Crippen LogP contribution is 2.43. The van der Waals surface area contributed by atoms with Crippen molar-refractivity contribution in [2.45, 2.75) is 69.5 Å². The quantitative estimate of drug-likeness (QED) is 0.402. The van der Waals surface area contributed by atoms with Crippen molar-refractivity contribution < 1.29 is 9.47 Å². The van der Waals surface area contributed by atoms with E-state index < -0.39 is 0 Å². The monoisotopic (exact) mass is 382 g/mol.